The Labute approximate surface area is 157 Å². The monoisotopic (exact) mass is 395 g/mol. The molecule has 1 aromatic carbocycles. The molecule has 0 aliphatic rings. The number of alkyl halides is 3. The zero-order valence-electron chi connectivity index (χ0n) is 14.5. The minimum Gasteiger partial charge on any atom is -0.494 e. The van der Waals surface area contributed by atoms with Crippen molar-refractivity contribution in [2.24, 2.45) is 0 Å². The first kappa shape index (κ1) is 19.2. The molecule has 142 valence electrons. The zero-order valence-corrected chi connectivity index (χ0v) is 15.3. The van der Waals surface area contributed by atoms with E-state index in [0.717, 1.165) is 24.0 Å². The van der Waals surface area contributed by atoms with E-state index >= 15 is 0 Å². The van der Waals surface area contributed by atoms with E-state index in [1.807, 2.05) is 6.92 Å². The summed E-state index contributed by atoms with van der Waals surface area (Å²) in [7, 11) is 0. The summed E-state index contributed by atoms with van der Waals surface area (Å²) in [6.07, 6.45) is -3.53. The second-order valence-corrected chi connectivity index (χ2v) is 7.02. The second kappa shape index (κ2) is 7.59. The topological polar surface area (TPSA) is 56.5 Å². The van der Waals surface area contributed by atoms with Crippen LogP contribution in [0.3, 0.4) is 0 Å². The van der Waals surface area contributed by atoms with E-state index in [9.17, 15) is 18.0 Å². The summed E-state index contributed by atoms with van der Waals surface area (Å²) in [4.78, 5) is 12.6. The number of halogens is 3. The first-order valence-corrected chi connectivity index (χ1v) is 9.03. The van der Waals surface area contributed by atoms with Crippen molar-refractivity contribution in [3.05, 3.63) is 53.7 Å². The van der Waals surface area contributed by atoms with Crippen molar-refractivity contribution in [2.75, 3.05) is 6.61 Å². The maximum Gasteiger partial charge on any atom is 0.417 e. The van der Waals surface area contributed by atoms with E-state index < -0.39 is 17.0 Å². The number of carbonyl (C=O) groups is 1. The van der Waals surface area contributed by atoms with Gasteiger partial charge < -0.3 is 4.74 Å². The molecule has 0 radical (unpaired) electrons. The van der Waals surface area contributed by atoms with Gasteiger partial charge in [-0.1, -0.05) is 11.8 Å². The summed E-state index contributed by atoms with van der Waals surface area (Å²) in [5, 5.41) is 7.44. The SMILES string of the molecule is CCOc1ccc(C(=O)[C@H](C)Sc2nnc3ccc(C(F)(F)F)cn23)cc1. The van der Waals surface area contributed by atoms with E-state index in [-0.39, 0.29) is 16.6 Å². The Morgan fingerprint density at radius 2 is 1.89 bits per heavy atom. The van der Waals surface area contributed by atoms with Crippen molar-refractivity contribution in [2.45, 2.75) is 30.4 Å². The fourth-order valence-electron chi connectivity index (χ4n) is 2.45. The van der Waals surface area contributed by atoms with Gasteiger partial charge >= 0.3 is 6.18 Å². The number of benzene rings is 1. The zero-order chi connectivity index (χ0) is 19.6. The largest absolute Gasteiger partial charge is 0.494 e. The minimum absolute atomic E-state index is 0.160. The number of aromatic nitrogens is 3. The van der Waals surface area contributed by atoms with E-state index in [0.29, 0.717) is 17.9 Å². The van der Waals surface area contributed by atoms with Crippen LogP contribution in [0.2, 0.25) is 0 Å². The van der Waals surface area contributed by atoms with Gasteiger partial charge in [-0.15, -0.1) is 10.2 Å². The summed E-state index contributed by atoms with van der Waals surface area (Å²) >= 11 is 1.06. The molecular weight excluding hydrogens is 379 g/mol. The number of ether oxygens (including phenoxy) is 1. The molecule has 0 amide bonds. The Bertz CT molecular complexity index is 955. The number of hydrogen-bond donors (Lipinski definition) is 0. The van der Waals surface area contributed by atoms with Gasteiger partial charge in [0.2, 0.25) is 0 Å². The molecule has 5 nitrogen and oxygen atoms in total. The summed E-state index contributed by atoms with van der Waals surface area (Å²) < 4.78 is 45.4. The highest BCUT2D eigenvalue weighted by molar-refractivity contribution is 8.00. The van der Waals surface area contributed by atoms with Crippen molar-refractivity contribution in [3.63, 3.8) is 0 Å². The molecule has 0 fully saturated rings. The van der Waals surface area contributed by atoms with E-state index in [1.165, 1.54) is 10.5 Å². The molecule has 0 unspecified atom stereocenters. The normalized spacial score (nSPS) is 12.9. The number of pyridine rings is 1. The number of nitrogens with zero attached hydrogens (tertiary/aromatic N) is 3. The molecular formula is C18H16F3N3O2S. The Kier molecular flexibility index (Phi) is 5.41. The number of thioether (sulfide) groups is 1. The van der Waals surface area contributed by atoms with Crippen molar-refractivity contribution in [1.29, 1.82) is 0 Å². The molecule has 1 atom stereocenters. The predicted octanol–water partition coefficient (Wildman–Crippen LogP) is 4.51. The third kappa shape index (κ3) is 4.24. The number of carbonyl (C=O) groups excluding carboxylic acids is 1. The molecule has 0 bridgehead atoms. The molecule has 27 heavy (non-hydrogen) atoms. The van der Waals surface area contributed by atoms with Crippen LogP contribution in [0.25, 0.3) is 5.65 Å². The summed E-state index contributed by atoms with van der Waals surface area (Å²) in [6.45, 7) is 4.07. The van der Waals surface area contributed by atoms with Gasteiger partial charge in [0.15, 0.2) is 16.6 Å². The molecule has 0 spiro atoms. The van der Waals surface area contributed by atoms with Crippen LogP contribution < -0.4 is 4.74 Å². The van der Waals surface area contributed by atoms with Crippen LogP contribution >= 0.6 is 11.8 Å². The summed E-state index contributed by atoms with van der Waals surface area (Å²) in [5.74, 6) is 0.504. The van der Waals surface area contributed by atoms with Crippen molar-refractivity contribution < 1.29 is 22.7 Å². The van der Waals surface area contributed by atoms with E-state index in [1.54, 1.807) is 31.2 Å². The van der Waals surface area contributed by atoms with Gasteiger partial charge in [0, 0.05) is 11.8 Å². The fourth-order valence-corrected chi connectivity index (χ4v) is 3.35. The van der Waals surface area contributed by atoms with Crippen molar-refractivity contribution >= 4 is 23.2 Å². The molecule has 0 saturated heterocycles. The van der Waals surface area contributed by atoms with Crippen LogP contribution in [0.15, 0.2) is 47.8 Å². The van der Waals surface area contributed by atoms with Crippen molar-refractivity contribution in [3.8, 4) is 5.75 Å². The van der Waals surface area contributed by atoms with Gasteiger partial charge in [-0.3, -0.25) is 9.20 Å². The second-order valence-electron chi connectivity index (χ2n) is 5.71. The van der Waals surface area contributed by atoms with Crippen LogP contribution in [-0.2, 0) is 6.18 Å². The molecule has 2 heterocycles. The maximum atomic E-state index is 12.9. The van der Waals surface area contributed by atoms with Crippen molar-refractivity contribution in [1.82, 2.24) is 14.6 Å². The number of Topliss-reactive ketones (excluding diaryl/α,β-unsaturated/α-hetero) is 1. The van der Waals surface area contributed by atoms with Crippen LogP contribution in [0.5, 0.6) is 5.75 Å². The molecule has 0 saturated carbocycles. The average molecular weight is 395 g/mol. The molecule has 2 aromatic heterocycles. The molecule has 0 aliphatic heterocycles. The molecule has 0 N–H and O–H groups in total. The van der Waals surface area contributed by atoms with Crippen LogP contribution in [0.4, 0.5) is 13.2 Å². The van der Waals surface area contributed by atoms with Gasteiger partial charge in [0.25, 0.3) is 0 Å². The Morgan fingerprint density at radius 3 is 2.52 bits per heavy atom. The minimum atomic E-state index is -4.47. The van der Waals surface area contributed by atoms with E-state index in [4.69, 9.17) is 4.74 Å². The third-order valence-corrected chi connectivity index (χ3v) is 4.86. The first-order chi connectivity index (χ1) is 12.8. The Hall–Kier alpha value is -2.55. The Morgan fingerprint density at radius 1 is 1.19 bits per heavy atom. The fraction of sp³-hybridized carbons (Fsp3) is 0.278. The van der Waals surface area contributed by atoms with Gasteiger partial charge in [-0.25, -0.2) is 0 Å². The van der Waals surface area contributed by atoms with Crippen LogP contribution in [-0.4, -0.2) is 32.2 Å². The van der Waals surface area contributed by atoms with Gasteiger partial charge in [-0.05, 0) is 50.2 Å². The third-order valence-electron chi connectivity index (χ3n) is 3.80. The summed E-state index contributed by atoms with van der Waals surface area (Å²) in [6, 6.07) is 8.93. The van der Waals surface area contributed by atoms with E-state index in [2.05, 4.69) is 10.2 Å². The lowest BCUT2D eigenvalue weighted by Crippen LogP contribution is -2.14. The molecule has 3 rings (SSSR count). The standard InChI is InChI=1S/C18H16F3N3O2S/c1-3-26-14-7-4-12(5-8-14)16(25)11(2)27-17-23-22-15-9-6-13(10-24(15)17)18(19,20)21/h4-11H,3H2,1-2H3/t11-/m0/s1. The highest BCUT2D eigenvalue weighted by Gasteiger charge is 2.31. The number of rotatable bonds is 6. The molecule has 3 aromatic rings. The van der Waals surface area contributed by atoms with Gasteiger partial charge in [0.05, 0.1) is 17.4 Å². The van der Waals surface area contributed by atoms with Crippen LogP contribution in [0.1, 0.15) is 29.8 Å². The number of fused-ring (bicyclic) bond motifs is 1. The number of ketones is 1. The lowest BCUT2D eigenvalue weighted by Gasteiger charge is -2.11. The smallest absolute Gasteiger partial charge is 0.417 e. The summed E-state index contributed by atoms with van der Waals surface area (Å²) in [5.41, 5.74) is -0.0309. The van der Waals surface area contributed by atoms with Gasteiger partial charge in [0.1, 0.15) is 5.75 Å². The average Bonchev–Trinajstić information content (AvgIpc) is 3.03. The van der Waals surface area contributed by atoms with Gasteiger partial charge in [-0.2, -0.15) is 13.2 Å². The highest BCUT2D eigenvalue weighted by Crippen LogP contribution is 2.31. The van der Waals surface area contributed by atoms with Crippen LogP contribution in [0, 0.1) is 0 Å². The molecule has 0 aliphatic carbocycles. The predicted molar refractivity (Wildman–Crippen MR) is 95.2 cm³/mol. The molecule has 9 heteroatoms. The first-order valence-electron chi connectivity index (χ1n) is 8.15. The number of hydrogen-bond acceptors (Lipinski definition) is 5. The maximum absolute atomic E-state index is 12.9. The highest BCUT2D eigenvalue weighted by atomic mass is 32.2. The Balaban J connectivity index is 1.80. The lowest BCUT2D eigenvalue weighted by atomic mass is 10.1. The quantitative estimate of drug-likeness (QED) is 0.454. The lowest BCUT2D eigenvalue weighted by molar-refractivity contribution is -0.137.